The van der Waals surface area contributed by atoms with E-state index in [1.54, 1.807) is 26.0 Å². The molecule has 3 rings (SSSR count). The molecule has 0 N–H and O–H groups in total. The molecular formula is C19H22N2O5S. The first-order valence-corrected chi connectivity index (χ1v) is 9.59. The molecule has 144 valence electrons. The van der Waals surface area contributed by atoms with Crippen molar-refractivity contribution in [1.29, 1.82) is 0 Å². The SMILES string of the molecule is COCCOC(=O)C1=C(C)N=C2SCCC(=O)N2[C@@H]1c1ccc(OC)cc1. The number of nitrogens with zero attached hydrogens (tertiary/aromatic N) is 2. The van der Waals surface area contributed by atoms with Crippen LogP contribution in [-0.4, -0.2) is 55.1 Å². The third-order valence-electron chi connectivity index (χ3n) is 4.38. The third kappa shape index (κ3) is 4.01. The molecule has 0 spiro atoms. The van der Waals surface area contributed by atoms with Crippen molar-refractivity contribution in [1.82, 2.24) is 4.90 Å². The van der Waals surface area contributed by atoms with Crippen LogP contribution in [0.1, 0.15) is 24.9 Å². The summed E-state index contributed by atoms with van der Waals surface area (Å²) in [6.45, 7) is 2.21. The van der Waals surface area contributed by atoms with Gasteiger partial charge < -0.3 is 14.2 Å². The molecule has 1 fully saturated rings. The van der Waals surface area contributed by atoms with Crippen molar-refractivity contribution < 1.29 is 23.8 Å². The van der Waals surface area contributed by atoms with Crippen molar-refractivity contribution in [2.75, 3.05) is 33.2 Å². The zero-order valence-electron chi connectivity index (χ0n) is 15.6. The fourth-order valence-corrected chi connectivity index (χ4v) is 4.06. The number of allylic oxidation sites excluding steroid dienone is 1. The van der Waals surface area contributed by atoms with E-state index in [4.69, 9.17) is 14.2 Å². The van der Waals surface area contributed by atoms with Gasteiger partial charge in [-0.3, -0.25) is 9.69 Å². The van der Waals surface area contributed by atoms with Gasteiger partial charge in [-0.05, 0) is 24.6 Å². The Kier molecular flexibility index (Phi) is 6.18. The van der Waals surface area contributed by atoms with E-state index in [2.05, 4.69) is 4.99 Å². The molecule has 2 aliphatic heterocycles. The molecule has 1 saturated heterocycles. The van der Waals surface area contributed by atoms with E-state index < -0.39 is 12.0 Å². The molecule has 8 heteroatoms. The standard InChI is InChI=1S/C19H22N2O5S/c1-12-16(18(23)26-10-9-24-2)17(13-4-6-14(25-3)7-5-13)21-15(22)8-11-27-19(21)20-12/h4-7,17H,8-11H2,1-3H3/t17-/m1/s1. The Balaban J connectivity index is 2.03. The highest BCUT2D eigenvalue weighted by molar-refractivity contribution is 8.14. The van der Waals surface area contributed by atoms with Crippen LogP contribution in [0, 0.1) is 0 Å². The lowest BCUT2D eigenvalue weighted by atomic mass is 9.94. The number of amidine groups is 1. The summed E-state index contributed by atoms with van der Waals surface area (Å²) >= 11 is 1.52. The number of methoxy groups -OCH3 is 2. The van der Waals surface area contributed by atoms with Crippen molar-refractivity contribution in [2.45, 2.75) is 19.4 Å². The van der Waals surface area contributed by atoms with Crippen LogP contribution in [0.5, 0.6) is 5.75 Å². The number of carbonyl (C=O) groups excluding carboxylic acids is 2. The van der Waals surface area contributed by atoms with Crippen molar-refractivity contribution in [3.05, 3.63) is 41.1 Å². The quantitative estimate of drug-likeness (QED) is 0.549. The molecule has 1 atom stereocenters. The number of ether oxygens (including phenoxy) is 3. The average Bonchev–Trinajstić information content (AvgIpc) is 2.67. The van der Waals surface area contributed by atoms with Crippen LogP contribution in [0.4, 0.5) is 0 Å². The van der Waals surface area contributed by atoms with E-state index in [1.165, 1.54) is 11.8 Å². The molecule has 1 aromatic rings. The molecule has 1 amide bonds. The Labute approximate surface area is 162 Å². The maximum atomic E-state index is 12.8. The second-order valence-corrected chi connectivity index (χ2v) is 7.12. The molecule has 7 nitrogen and oxygen atoms in total. The molecule has 0 radical (unpaired) electrons. The summed E-state index contributed by atoms with van der Waals surface area (Å²) in [5, 5.41) is 0.623. The van der Waals surface area contributed by atoms with Crippen molar-refractivity contribution in [2.24, 2.45) is 4.99 Å². The predicted octanol–water partition coefficient (Wildman–Crippen LogP) is 2.54. The van der Waals surface area contributed by atoms with Gasteiger partial charge in [0.25, 0.3) is 0 Å². The number of hydrogen-bond donors (Lipinski definition) is 0. The average molecular weight is 390 g/mol. The zero-order valence-corrected chi connectivity index (χ0v) is 16.4. The van der Waals surface area contributed by atoms with Crippen LogP contribution in [0.15, 0.2) is 40.5 Å². The summed E-state index contributed by atoms with van der Waals surface area (Å²) in [7, 11) is 3.13. The topological polar surface area (TPSA) is 77.4 Å². The number of benzene rings is 1. The number of rotatable bonds is 6. The summed E-state index contributed by atoms with van der Waals surface area (Å²) in [4.78, 5) is 31.6. The highest BCUT2D eigenvalue weighted by Gasteiger charge is 2.41. The smallest absolute Gasteiger partial charge is 0.338 e. The minimum Gasteiger partial charge on any atom is -0.497 e. The lowest BCUT2D eigenvalue weighted by Crippen LogP contribution is -2.45. The Morgan fingerprint density at radius 1 is 1.26 bits per heavy atom. The Morgan fingerprint density at radius 2 is 2.00 bits per heavy atom. The summed E-state index contributed by atoms with van der Waals surface area (Å²) in [6, 6.07) is 6.76. The highest BCUT2D eigenvalue weighted by atomic mass is 32.2. The second kappa shape index (κ2) is 8.58. The number of fused-ring (bicyclic) bond motifs is 1. The molecule has 1 aromatic carbocycles. The number of thioether (sulfide) groups is 1. The van der Waals surface area contributed by atoms with Gasteiger partial charge in [0.2, 0.25) is 5.91 Å². The van der Waals surface area contributed by atoms with E-state index in [0.717, 1.165) is 5.56 Å². The molecule has 0 saturated carbocycles. The maximum Gasteiger partial charge on any atom is 0.338 e. The molecule has 2 aliphatic rings. The fraction of sp³-hybridized carbons (Fsp3) is 0.421. The summed E-state index contributed by atoms with van der Waals surface area (Å²) in [5.74, 6) is 0.844. The van der Waals surface area contributed by atoms with Crippen LogP contribution < -0.4 is 4.74 Å². The Hall–Kier alpha value is -2.32. The predicted molar refractivity (Wildman–Crippen MR) is 103 cm³/mol. The van der Waals surface area contributed by atoms with E-state index in [1.807, 2.05) is 24.3 Å². The molecular weight excluding hydrogens is 368 g/mol. The van der Waals surface area contributed by atoms with Gasteiger partial charge in [0.1, 0.15) is 12.4 Å². The van der Waals surface area contributed by atoms with Crippen LogP contribution in [0.25, 0.3) is 0 Å². The van der Waals surface area contributed by atoms with Crippen molar-refractivity contribution >= 4 is 28.8 Å². The first-order valence-electron chi connectivity index (χ1n) is 8.61. The van der Waals surface area contributed by atoms with Crippen molar-refractivity contribution in [3.63, 3.8) is 0 Å². The van der Waals surface area contributed by atoms with E-state index in [0.29, 0.717) is 41.0 Å². The summed E-state index contributed by atoms with van der Waals surface area (Å²) in [5.41, 5.74) is 1.74. The molecule has 0 unspecified atom stereocenters. The van der Waals surface area contributed by atoms with E-state index >= 15 is 0 Å². The number of esters is 1. The number of amides is 1. The minimum atomic E-state index is -0.571. The summed E-state index contributed by atoms with van der Waals surface area (Å²) in [6.07, 6.45) is 0.404. The van der Waals surface area contributed by atoms with Gasteiger partial charge in [0.05, 0.1) is 31.0 Å². The van der Waals surface area contributed by atoms with Gasteiger partial charge in [0.15, 0.2) is 5.17 Å². The third-order valence-corrected chi connectivity index (χ3v) is 5.33. The lowest BCUT2D eigenvalue weighted by molar-refractivity contribution is -0.141. The van der Waals surface area contributed by atoms with Gasteiger partial charge in [-0.1, -0.05) is 23.9 Å². The number of aliphatic imine (C=N–C) groups is 1. The van der Waals surface area contributed by atoms with E-state index in [9.17, 15) is 9.59 Å². The maximum absolute atomic E-state index is 12.8. The minimum absolute atomic E-state index is 0.0528. The molecule has 2 heterocycles. The number of carbonyl (C=O) groups is 2. The van der Waals surface area contributed by atoms with Crippen molar-refractivity contribution in [3.8, 4) is 5.75 Å². The largest absolute Gasteiger partial charge is 0.497 e. The second-order valence-electron chi connectivity index (χ2n) is 6.06. The Bertz CT molecular complexity index is 788. The monoisotopic (exact) mass is 390 g/mol. The molecule has 27 heavy (non-hydrogen) atoms. The normalized spacial score (nSPS) is 19.5. The van der Waals surface area contributed by atoms with Gasteiger partial charge >= 0.3 is 5.97 Å². The zero-order chi connectivity index (χ0) is 19.4. The van der Waals surface area contributed by atoms with Crippen LogP contribution in [-0.2, 0) is 19.1 Å². The molecule has 0 aromatic heterocycles. The van der Waals surface area contributed by atoms with Crippen LogP contribution in [0.3, 0.4) is 0 Å². The van der Waals surface area contributed by atoms with Gasteiger partial charge in [0, 0.05) is 19.3 Å². The Morgan fingerprint density at radius 3 is 2.67 bits per heavy atom. The van der Waals surface area contributed by atoms with Crippen LogP contribution in [0.2, 0.25) is 0 Å². The van der Waals surface area contributed by atoms with Gasteiger partial charge in [-0.25, -0.2) is 9.79 Å². The fourth-order valence-electron chi connectivity index (χ4n) is 3.05. The van der Waals surface area contributed by atoms with Crippen LogP contribution >= 0.6 is 11.8 Å². The van der Waals surface area contributed by atoms with Gasteiger partial charge in [-0.2, -0.15) is 0 Å². The molecule has 0 bridgehead atoms. The molecule has 0 aliphatic carbocycles. The number of hydrogen-bond acceptors (Lipinski definition) is 7. The highest BCUT2D eigenvalue weighted by Crippen LogP contribution is 2.40. The summed E-state index contributed by atoms with van der Waals surface area (Å²) < 4.78 is 15.5. The first-order chi connectivity index (χ1) is 13.1. The van der Waals surface area contributed by atoms with E-state index in [-0.39, 0.29) is 12.5 Å². The van der Waals surface area contributed by atoms with Gasteiger partial charge in [-0.15, -0.1) is 0 Å². The lowest BCUT2D eigenvalue weighted by Gasteiger charge is -2.38. The first kappa shape index (κ1) is 19.4.